The van der Waals surface area contributed by atoms with E-state index in [2.05, 4.69) is 8.37 Å². The largest absolute Gasteiger partial charge is 0.380 e. The molecular weight excluding hydrogens is 434 g/mol. The van der Waals surface area contributed by atoms with E-state index in [-0.39, 0.29) is 23.7 Å². The molecule has 0 amide bonds. The topological polar surface area (TPSA) is 176 Å². The van der Waals surface area contributed by atoms with Gasteiger partial charge in [0.1, 0.15) is 11.5 Å². The molecule has 0 saturated heterocycles. The van der Waals surface area contributed by atoms with Crippen LogP contribution in [-0.2, 0) is 37.2 Å². The van der Waals surface area contributed by atoms with E-state index in [1.807, 2.05) is 0 Å². The molecule has 14 heteroatoms. The molecule has 28 heavy (non-hydrogen) atoms. The molecule has 0 aliphatic rings. The normalized spacial score (nSPS) is 12.4. The van der Waals surface area contributed by atoms with Gasteiger partial charge in [-0.3, -0.25) is 4.31 Å². The van der Waals surface area contributed by atoms with Crippen molar-refractivity contribution in [3.05, 3.63) is 54.1 Å². The molecular formula is C14H17N3O8S3. The maximum Gasteiger partial charge on any atom is 0.380 e. The summed E-state index contributed by atoms with van der Waals surface area (Å²) >= 11 is 0. The molecule has 11 nitrogen and oxygen atoms in total. The number of nitrogens with two attached hydrogens (primary N) is 2. The van der Waals surface area contributed by atoms with Crippen molar-refractivity contribution in [1.29, 1.82) is 0 Å². The van der Waals surface area contributed by atoms with E-state index in [1.54, 1.807) is 0 Å². The molecule has 0 spiro atoms. The lowest BCUT2D eigenvalue weighted by Crippen LogP contribution is -2.29. The van der Waals surface area contributed by atoms with Gasteiger partial charge in [0.25, 0.3) is 0 Å². The zero-order valence-electron chi connectivity index (χ0n) is 14.4. The fourth-order valence-electron chi connectivity index (χ4n) is 2.15. The number of hydrogen-bond donors (Lipinski definition) is 2. The van der Waals surface area contributed by atoms with Crippen LogP contribution in [0.25, 0.3) is 0 Å². The Bertz CT molecular complexity index is 1140. The van der Waals surface area contributed by atoms with Crippen LogP contribution < -0.4 is 22.9 Å². The fraction of sp³-hybridized carbons (Fsp3) is 0.143. The van der Waals surface area contributed by atoms with E-state index in [0.29, 0.717) is 5.56 Å². The van der Waals surface area contributed by atoms with Crippen molar-refractivity contribution >= 4 is 36.3 Å². The first-order valence-electron chi connectivity index (χ1n) is 7.34. The second-order valence-corrected chi connectivity index (χ2v) is 9.77. The van der Waals surface area contributed by atoms with Crippen molar-refractivity contribution < 1.29 is 33.6 Å². The zero-order valence-corrected chi connectivity index (χ0v) is 16.9. The highest BCUT2D eigenvalue weighted by atomic mass is 32.2. The second kappa shape index (κ2) is 7.92. The van der Waals surface area contributed by atoms with Gasteiger partial charge in [0.15, 0.2) is 0 Å². The van der Waals surface area contributed by atoms with Crippen LogP contribution >= 0.6 is 0 Å². The number of anilines is 1. The molecule has 0 radical (unpaired) electrons. The van der Waals surface area contributed by atoms with Gasteiger partial charge in [-0.1, -0.05) is 12.1 Å². The summed E-state index contributed by atoms with van der Waals surface area (Å²) in [4.78, 5) is 0. The highest BCUT2D eigenvalue weighted by Gasteiger charge is 2.18. The summed E-state index contributed by atoms with van der Waals surface area (Å²) in [5.74, 6) is -0.106. The minimum absolute atomic E-state index is 0.0262. The van der Waals surface area contributed by atoms with Gasteiger partial charge < -0.3 is 8.37 Å². The molecule has 0 aliphatic heterocycles. The highest BCUT2D eigenvalue weighted by molar-refractivity contribution is 7.92. The van der Waals surface area contributed by atoms with Gasteiger partial charge in [-0.05, 0) is 42.0 Å². The van der Waals surface area contributed by atoms with Gasteiger partial charge in [-0.25, -0.2) is 8.42 Å². The third-order valence-corrected chi connectivity index (χ3v) is 5.19. The van der Waals surface area contributed by atoms with Crippen LogP contribution in [0.3, 0.4) is 0 Å². The van der Waals surface area contributed by atoms with Crippen LogP contribution in [0.2, 0.25) is 0 Å². The summed E-state index contributed by atoms with van der Waals surface area (Å²) in [6, 6.07) is 10.8. The molecule has 0 atom stereocenters. The van der Waals surface area contributed by atoms with Crippen molar-refractivity contribution in [3.63, 3.8) is 0 Å². The smallest absolute Gasteiger partial charge is 0.371 e. The van der Waals surface area contributed by atoms with E-state index in [0.717, 1.165) is 10.6 Å². The Hall–Kier alpha value is -2.39. The summed E-state index contributed by atoms with van der Waals surface area (Å²) in [5, 5.41) is 9.55. The van der Waals surface area contributed by atoms with Gasteiger partial charge in [0.05, 0.1) is 18.5 Å². The molecule has 2 aromatic rings. The molecule has 0 bridgehead atoms. The molecule has 0 unspecified atom stereocenters. The van der Waals surface area contributed by atoms with E-state index in [1.165, 1.54) is 48.5 Å². The second-order valence-electron chi connectivity index (χ2n) is 5.56. The Labute approximate surface area is 163 Å². The molecule has 0 aliphatic carbocycles. The minimum atomic E-state index is -4.20. The first kappa shape index (κ1) is 21.9. The van der Waals surface area contributed by atoms with Crippen LogP contribution in [-0.4, -0.2) is 31.5 Å². The molecule has 0 saturated carbocycles. The predicted molar refractivity (Wildman–Crippen MR) is 101 cm³/mol. The molecule has 0 fully saturated rings. The van der Waals surface area contributed by atoms with E-state index < -0.39 is 30.6 Å². The van der Waals surface area contributed by atoms with E-state index in [4.69, 9.17) is 10.3 Å². The first-order chi connectivity index (χ1) is 12.7. The van der Waals surface area contributed by atoms with Crippen LogP contribution in [0, 0.1) is 0 Å². The van der Waals surface area contributed by atoms with Gasteiger partial charge in [0.2, 0.25) is 10.0 Å². The van der Waals surface area contributed by atoms with Crippen LogP contribution in [0.4, 0.5) is 5.69 Å². The quantitative estimate of drug-likeness (QED) is 0.555. The number of sulfonamides is 1. The Balaban J connectivity index is 2.25. The number of rotatable bonds is 8. The summed E-state index contributed by atoms with van der Waals surface area (Å²) in [6.45, 7) is -0.0795. The minimum Gasteiger partial charge on any atom is -0.371 e. The van der Waals surface area contributed by atoms with E-state index >= 15 is 0 Å². The molecule has 2 rings (SSSR count). The molecule has 4 N–H and O–H groups in total. The lowest BCUT2D eigenvalue weighted by atomic mass is 10.2. The SMILES string of the molecule is CS(=O)(=O)N(Cc1ccc(OS(N)(=O)=O)cc1)c1ccc(OS(N)(=O)=O)cc1. The summed E-state index contributed by atoms with van der Waals surface area (Å²) in [7, 11) is -12.1. The van der Waals surface area contributed by atoms with Gasteiger partial charge in [-0.2, -0.15) is 27.1 Å². The van der Waals surface area contributed by atoms with Gasteiger partial charge in [-0.15, -0.1) is 0 Å². The van der Waals surface area contributed by atoms with Crippen molar-refractivity contribution in [2.75, 3.05) is 10.6 Å². The van der Waals surface area contributed by atoms with Crippen molar-refractivity contribution in [2.45, 2.75) is 6.54 Å². The Morgan fingerprint density at radius 1 is 0.750 bits per heavy atom. The first-order valence-corrected chi connectivity index (χ1v) is 12.1. The average Bonchev–Trinajstić information content (AvgIpc) is 2.51. The Kier molecular flexibility index (Phi) is 6.20. The maximum absolute atomic E-state index is 12.2. The number of benzene rings is 2. The molecule has 154 valence electrons. The molecule has 0 aromatic heterocycles. The monoisotopic (exact) mass is 451 g/mol. The van der Waals surface area contributed by atoms with Crippen molar-refractivity contribution in [1.82, 2.24) is 0 Å². The third-order valence-electron chi connectivity index (χ3n) is 3.20. The molecule has 0 heterocycles. The van der Waals surface area contributed by atoms with Gasteiger partial charge >= 0.3 is 20.6 Å². The van der Waals surface area contributed by atoms with E-state index in [9.17, 15) is 25.3 Å². The fourth-order valence-corrected chi connectivity index (χ4v) is 3.80. The lowest BCUT2D eigenvalue weighted by Gasteiger charge is -2.22. The highest BCUT2D eigenvalue weighted by Crippen LogP contribution is 2.25. The summed E-state index contributed by atoms with van der Waals surface area (Å²) < 4.78 is 78.1. The van der Waals surface area contributed by atoms with Crippen LogP contribution in [0.1, 0.15) is 5.56 Å². The Morgan fingerprint density at radius 2 is 1.14 bits per heavy atom. The molecule has 2 aromatic carbocycles. The van der Waals surface area contributed by atoms with Gasteiger partial charge in [0, 0.05) is 0 Å². The standard InChI is InChI=1S/C14H17N3O8S3/c1-26(18,19)17(12-4-8-14(9-5-12)25-28(16,22)23)10-11-2-6-13(7-3-11)24-27(15,20)21/h2-9H,10H2,1H3,(H2,15,20,21)(H2,16,22,23). The van der Waals surface area contributed by atoms with Crippen molar-refractivity contribution in [3.8, 4) is 11.5 Å². The maximum atomic E-state index is 12.2. The van der Waals surface area contributed by atoms with Crippen LogP contribution in [0.5, 0.6) is 11.5 Å². The summed E-state index contributed by atoms with van der Waals surface area (Å²) in [6.07, 6.45) is 1.00. The predicted octanol–water partition coefficient (Wildman–Crippen LogP) is -0.183. The average molecular weight is 452 g/mol. The third kappa shape index (κ3) is 6.97. The lowest BCUT2D eigenvalue weighted by molar-refractivity contribution is 0.485. The number of hydrogen-bond acceptors (Lipinski definition) is 8. The zero-order chi connectivity index (χ0) is 21.2. The van der Waals surface area contributed by atoms with Crippen LogP contribution in [0.15, 0.2) is 48.5 Å². The summed E-state index contributed by atoms with van der Waals surface area (Å²) in [5.41, 5.74) is 0.770. The Morgan fingerprint density at radius 3 is 1.50 bits per heavy atom. The number of nitrogens with zero attached hydrogens (tertiary/aromatic N) is 1. The van der Waals surface area contributed by atoms with Crippen molar-refractivity contribution in [2.24, 2.45) is 10.3 Å².